The normalized spacial score (nSPS) is 24.4. The van der Waals surface area contributed by atoms with Crippen LogP contribution in [0.3, 0.4) is 0 Å². The third-order valence-corrected chi connectivity index (χ3v) is 3.52. The Morgan fingerprint density at radius 2 is 2.00 bits per heavy atom. The molecule has 1 fully saturated rings. The summed E-state index contributed by atoms with van der Waals surface area (Å²) in [5.41, 5.74) is 1.08. The molecule has 2 nitrogen and oxygen atoms in total. The van der Waals surface area contributed by atoms with Gasteiger partial charge in [0.1, 0.15) is 0 Å². The number of halogens is 3. The van der Waals surface area contributed by atoms with Crippen LogP contribution in [-0.4, -0.2) is 25.2 Å². The molecule has 1 heterocycles. The fourth-order valence-electron chi connectivity index (χ4n) is 2.07. The molecule has 5 heteroatoms. The molecular weight excluding hydrogens is 279 g/mol. The highest BCUT2D eigenvalue weighted by Crippen LogP contribution is 2.30. The lowest BCUT2D eigenvalue weighted by Crippen LogP contribution is -2.54. The lowest BCUT2D eigenvalue weighted by Gasteiger charge is -2.39. The summed E-state index contributed by atoms with van der Waals surface area (Å²) in [6.45, 7) is 6.34. The zero-order valence-corrected chi connectivity index (χ0v) is 12.2. The highest BCUT2D eigenvalue weighted by atomic mass is 35.5. The number of benzene rings is 1. The van der Waals surface area contributed by atoms with Crippen LogP contribution in [0.1, 0.15) is 13.8 Å². The predicted molar refractivity (Wildman–Crippen MR) is 78.0 cm³/mol. The molecule has 0 bridgehead atoms. The summed E-state index contributed by atoms with van der Waals surface area (Å²) < 4.78 is 0. The molecule has 0 unspecified atom stereocenters. The van der Waals surface area contributed by atoms with Crippen molar-refractivity contribution in [1.82, 2.24) is 5.32 Å². The first-order valence-corrected chi connectivity index (χ1v) is 6.28. The van der Waals surface area contributed by atoms with E-state index in [2.05, 4.69) is 24.1 Å². The second-order valence-corrected chi connectivity index (χ2v) is 5.25. The van der Waals surface area contributed by atoms with E-state index in [1.165, 1.54) is 0 Å². The molecule has 0 amide bonds. The Labute approximate surface area is 119 Å². The van der Waals surface area contributed by atoms with Gasteiger partial charge in [-0.2, -0.15) is 0 Å². The van der Waals surface area contributed by atoms with Crippen LogP contribution < -0.4 is 10.2 Å². The van der Waals surface area contributed by atoms with E-state index in [0.29, 0.717) is 17.1 Å². The molecule has 1 N–H and O–H groups in total. The molecule has 2 rings (SSSR count). The monoisotopic (exact) mass is 294 g/mol. The Hall–Kier alpha value is -0.150. The Balaban J connectivity index is 0.00000144. The van der Waals surface area contributed by atoms with E-state index in [0.717, 1.165) is 23.8 Å². The fraction of sp³-hybridized carbons (Fsp3) is 0.500. The van der Waals surface area contributed by atoms with Crippen LogP contribution in [0.2, 0.25) is 10.0 Å². The van der Waals surface area contributed by atoms with Crippen molar-refractivity contribution in [2.24, 2.45) is 0 Å². The van der Waals surface area contributed by atoms with Gasteiger partial charge >= 0.3 is 0 Å². The average molecular weight is 296 g/mol. The lowest BCUT2D eigenvalue weighted by atomic mass is 10.1. The van der Waals surface area contributed by atoms with Gasteiger partial charge in [-0.1, -0.05) is 23.2 Å². The minimum Gasteiger partial charge on any atom is -0.365 e. The minimum absolute atomic E-state index is 0. The van der Waals surface area contributed by atoms with Crippen molar-refractivity contribution >= 4 is 41.3 Å². The van der Waals surface area contributed by atoms with Crippen molar-refractivity contribution < 1.29 is 0 Å². The van der Waals surface area contributed by atoms with Gasteiger partial charge in [-0.3, -0.25) is 0 Å². The quantitative estimate of drug-likeness (QED) is 0.851. The molecule has 0 saturated carbocycles. The fourth-order valence-corrected chi connectivity index (χ4v) is 2.59. The third kappa shape index (κ3) is 3.41. The predicted octanol–water partition coefficient (Wildman–Crippen LogP) is 3.60. The number of nitrogens with one attached hydrogen (secondary N) is 1. The van der Waals surface area contributed by atoms with Crippen LogP contribution in [0.4, 0.5) is 5.69 Å². The third-order valence-electron chi connectivity index (χ3n) is 2.98. The average Bonchev–Trinajstić information content (AvgIpc) is 2.22. The molecule has 1 aromatic carbocycles. The first kappa shape index (κ1) is 14.9. The molecule has 0 radical (unpaired) electrons. The number of rotatable bonds is 1. The van der Waals surface area contributed by atoms with Gasteiger partial charge in [0.25, 0.3) is 0 Å². The first-order valence-electron chi connectivity index (χ1n) is 5.53. The van der Waals surface area contributed by atoms with Gasteiger partial charge in [0, 0.05) is 30.2 Å². The Bertz CT molecular complexity index is 384. The van der Waals surface area contributed by atoms with Crippen LogP contribution in [-0.2, 0) is 0 Å². The van der Waals surface area contributed by atoms with Crippen molar-refractivity contribution in [3.8, 4) is 0 Å². The van der Waals surface area contributed by atoms with Crippen LogP contribution in [0.15, 0.2) is 18.2 Å². The Morgan fingerprint density at radius 3 is 2.65 bits per heavy atom. The number of nitrogens with zero attached hydrogens (tertiary/aromatic N) is 1. The lowest BCUT2D eigenvalue weighted by molar-refractivity contribution is 0.425. The van der Waals surface area contributed by atoms with Crippen molar-refractivity contribution in [2.75, 3.05) is 18.0 Å². The van der Waals surface area contributed by atoms with Crippen molar-refractivity contribution in [3.63, 3.8) is 0 Å². The second-order valence-electron chi connectivity index (χ2n) is 4.41. The topological polar surface area (TPSA) is 15.3 Å². The van der Waals surface area contributed by atoms with E-state index in [1.54, 1.807) is 6.07 Å². The summed E-state index contributed by atoms with van der Waals surface area (Å²) in [5, 5.41) is 4.87. The molecule has 0 aromatic heterocycles. The number of hydrogen-bond donors (Lipinski definition) is 1. The van der Waals surface area contributed by atoms with Gasteiger partial charge < -0.3 is 10.2 Å². The first-order chi connectivity index (χ1) is 7.58. The Kier molecular flexibility index (Phi) is 5.39. The molecule has 1 aromatic rings. The molecule has 2 atom stereocenters. The van der Waals surface area contributed by atoms with E-state index >= 15 is 0 Å². The minimum atomic E-state index is 0. The molecule has 0 aliphatic carbocycles. The summed E-state index contributed by atoms with van der Waals surface area (Å²) in [7, 11) is 0. The summed E-state index contributed by atoms with van der Waals surface area (Å²) in [6.07, 6.45) is 0. The zero-order valence-electron chi connectivity index (χ0n) is 9.91. The molecule has 96 valence electrons. The second kappa shape index (κ2) is 6.14. The highest BCUT2D eigenvalue weighted by Gasteiger charge is 2.23. The molecule has 1 aliphatic rings. The molecule has 0 spiro atoms. The van der Waals surface area contributed by atoms with E-state index in [4.69, 9.17) is 23.2 Å². The van der Waals surface area contributed by atoms with Gasteiger partial charge in [0.05, 0.1) is 10.7 Å². The maximum Gasteiger partial charge on any atom is 0.0654 e. The molecular formula is C12H17Cl3N2. The van der Waals surface area contributed by atoms with Gasteiger partial charge in [-0.25, -0.2) is 0 Å². The van der Waals surface area contributed by atoms with Crippen LogP contribution in [0.25, 0.3) is 0 Å². The van der Waals surface area contributed by atoms with E-state index in [-0.39, 0.29) is 12.4 Å². The molecule has 1 saturated heterocycles. The van der Waals surface area contributed by atoms with Crippen molar-refractivity contribution in [2.45, 2.75) is 25.9 Å². The Morgan fingerprint density at radius 1 is 1.29 bits per heavy atom. The highest BCUT2D eigenvalue weighted by molar-refractivity contribution is 6.36. The number of anilines is 1. The SMILES string of the molecule is C[C@H]1CN(c2ccc(Cl)cc2Cl)[C@@H](C)CN1.Cl. The summed E-state index contributed by atoms with van der Waals surface area (Å²) in [6, 6.07) is 6.64. The molecule has 17 heavy (non-hydrogen) atoms. The van der Waals surface area contributed by atoms with E-state index in [1.807, 2.05) is 12.1 Å². The van der Waals surface area contributed by atoms with Gasteiger partial charge in [0.2, 0.25) is 0 Å². The van der Waals surface area contributed by atoms with Gasteiger partial charge in [-0.05, 0) is 32.0 Å². The molecule has 1 aliphatic heterocycles. The maximum absolute atomic E-state index is 6.23. The zero-order chi connectivity index (χ0) is 11.7. The van der Waals surface area contributed by atoms with Crippen molar-refractivity contribution in [1.29, 1.82) is 0 Å². The van der Waals surface area contributed by atoms with Crippen LogP contribution in [0, 0.1) is 0 Å². The summed E-state index contributed by atoms with van der Waals surface area (Å²) in [4.78, 5) is 2.33. The van der Waals surface area contributed by atoms with E-state index in [9.17, 15) is 0 Å². The van der Waals surface area contributed by atoms with Gasteiger partial charge in [-0.15, -0.1) is 12.4 Å². The van der Waals surface area contributed by atoms with Crippen molar-refractivity contribution in [3.05, 3.63) is 28.2 Å². The van der Waals surface area contributed by atoms with Gasteiger partial charge in [0.15, 0.2) is 0 Å². The number of hydrogen-bond acceptors (Lipinski definition) is 2. The van der Waals surface area contributed by atoms with Crippen LogP contribution >= 0.6 is 35.6 Å². The van der Waals surface area contributed by atoms with Crippen LogP contribution in [0.5, 0.6) is 0 Å². The number of piperazine rings is 1. The smallest absolute Gasteiger partial charge is 0.0654 e. The standard InChI is InChI=1S/C12H16Cl2N2.ClH/c1-8-7-16(9(2)6-15-8)12-4-3-10(13)5-11(12)14;/h3-5,8-9,15H,6-7H2,1-2H3;1H/t8-,9-;/m0./s1. The summed E-state index contributed by atoms with van der Waals surface area (Å²) >= 11 is 12.1. The van der Waals surface area contributed by atoms with E-state index < -0.39 is 0 Å². The summed E-state index contributed by atoms with van der Waals surface area (Å²) in [5.74, 6) is 0. The largest absolute Gasteiger partial charge is 0.365 e. The maximum atomic E-state index is 6.23.